The molecule has 1 aromatic heterocycles. The van der Waals surface area contributed by atoms with E-state index in [0.29, 0.717) is 18.5 Å². The predicted octanol–water partition coefficient (Wildman–Crippen LogP) is 2.95. The molecule has 0 saturated carbocycles. The number of nitrogens with zero attached hydrogens (tertiary/aromatic N) is 2. The molecule has 1 aromatic carbocycles. The summed E-state index contributed by atoms with van der Waals surface area (Å²) in [4.78, 5) is 12.3. The predicted molar refractivity (Wildman–Crippen MR) is 93.8 cm³/mol. The number of carbonyl (C=O) groups is 1. The van der Waals surface area contributed by atoms with Crippen LogP contribution in [0.3, 0.4) is 0 Å². The second kappa shape index (κ2) is 7.25. The molecule has 7 heteroatoms. The van der Waals surface area contributed by atoms with Gasteiger partial charge in [0.25, 0.3) is 0 Å². The van der Waals surface area contributed by atoms with E-state index in [1.165, 1.54) is 5.56 Å². The summed E-state index contributed by atoms with van der Waals surface area (Å²) in [6.45, 7) is 2.78. The highest BCUT2D eigenvalue weighted by Gasteiger charge is 2.18. The normalized spacial score (nSPS) is 17.8. The van der Waals surface area contributed by atoms with E-state index in [-0.39, 0.29) is 6.03 Å². The van der Waals surface area contributed by atoms with Crippen LogP contribution in [0.1, 0.15) is 30.0 Å². The molecule has 2 aromatic rings. The molecule has 0 spiro atoms. The van der Waals surface area contributed by atoms with Crippen LogP contribution < -0.4 is 10.6 Å². The van der Waals surface area contributed by atoms with E-state index in [2.05, 4.69) is 21.8 Å². The first-order valence-electron chi connectivity index (χ1n) is 8.69. The van der Waals surface area contributed by atoms with E-state index in [0.717, 1.165) is 50.3 Å². The van der Waals surface area contributed by atoms with Crippen molar-refractivity contribution in [2.45, 2.75) is 31.9 Å². The van der Waals surface area contributed by atoms with Gasteiger partial charge in [0.15, 0.2) is 5.82 Å². The highest BCUT2D eigenvalue weighted by molar-refractivity contribution is 5.99. The lowest BCUT2D eigenvalue weighted by molar-refractivity contribution is 0.0663. The van der Waals surface area contributed by atoms with Crippen molar-refractivity contribution in [2.24, 2.45) is 0 Å². The molecule has 0 atom stereocenters. The fraction of sp³-hybridized carbons (Fsp3) is 0.444. The molecule has 4 rings (SSSR count). The molecule has 2 N–H and O–H groups in total. The highest BCUT2D eigenvalue weighted by atomic mass is 16.5. The summed E-state index contributed by atoms with van der Waals surface area (Å²) < 4.78 is 12.8. The number of urea groups is 1. The van der Waals surface area contributed by atoms with Gasteiger partial charge in [-0.2, -0.15) is 5.10 Å². The number of hydrogen-bond donors (Lipinski definition) is 2. The van der Waals surface area contributed by atoms with Crippen molar-refractivity contribution < 1.29 is 14.3 Å². The highest BCUT2D eigenvalue weighted by Crippen LogP contribution is 2.25. The average Bonchev–Trinajstić information content (AvgIpc) is 3.11. The Kier molecular flexibility index (Phi) is 4.67. The van der Waals surface area contributed by atoms with Gasteiger partial charge in [-0.25, -0.2) is 4.79 Å². The molecule has 0 radical (unpaired) electrons. The average molecular weight is 342 g/mol. The van der Waals surface area contributed by atoms with Crippen LogP contribution in [0.5, 0.6) is 0 Å². The molecule has 0 unspecified atom stereocenters. The lowest BCUT2D eigenvalue weighted by Crippen LogP contribution is -2.23. The topological polar surface area (TPSA) is 77.4 Å². The van der Waals surface area contributed by atoms with Crippen molar-refractivity contribution >= 4 is 17.5 Å². The van der Waals surface area contributed by atoms with Gasteiger partial charge < -0.3 is 14.8 Å². The van der Waals surface area contributed by atoms with Crippen LogP contribution in [0.25, 0.3) is 0 Å². The summed E-state index contributed by atoms with van der Waals surface area (Å²) in [5.74, 6) is 0.546. The van der Waals surface area contributed by atoms with E-state index in [9.17, 15) is 4.79 Å². The number of nitrogens with one attached hydrogen (secondary N) is 2. The molecule has 3 heterocycles. The molecule has 132 valence electrons. The molecule has 2 aliphatic heterocycles. The summed E-state index contributed by atoms with van der Waals surface area (Å²) >= 11 is 0. The monoisotopic (exact) mass is 342 g/mol. The van der Waals surface area contributed by atoms with Crippen molar-refractivity contribution in [1.82, 2.24) is 9.78 Å². The number of benzene rings is 1. The van der Waals surface area contributed by atoms with Gasteiger partial charge in [-0.15, -0.1) is 0 Å². The molecule has 0 bridgehead atoms. The van der Waals surface area contributed by atoms with Crippen LogP contribution in [0.15, 0.2) is 30.5 Å². The second-order valence-corrected chi connectivity index (χ2v) is 6.35. The van der Waals surface area contributed by atoms with Crippen LogP contribution in [0.4, 0.5) is 16.3 Å². The van der Waals surface area contributed by atoms with Crippen molar-refractivity contribution in [3.05, 3.63) is 41.6 Å². The molecule has 7 nitrogen and oxygen atoms in total. The van der Waals surface area contributed by atoms with Gasteiger partial charge in [0.2, 0.25) is 0 Å². The first-order chi connectivity index (χ1) is 12.3. The molecule has 1 saturated heterocycles. The largest absolute Gasteiger partial charge is 0.381 e. The van der Waals surface area contributed by atoms with E-state index in [1.807, 2.05) is 29.1 Å². The van der Waals surface area contributed by atoms with Crippen LogP contribution in [0.2, 0.25) is 0 Å². The fourth-order valence-corrected chi connectivity index (χ4v) is 3.34. The number of ether oxygens (including phenoxy) is 2. The number of amides is 2. The third kappa shape index (κ3) is 3.67. The van der Waals surface area contributed by atoms with Crippen LogP contribution in [-0.4, -0.2) is 35.6 Å². The maximum atomic E-state index is 12.3. The van der Waals surface area contributed by atoms with Gasteiger partial charge in [-0.3, -0.25) is 10.00 Å². The quantitative estimate of drug-likeness (QED) is 0.899. The van der Waals surface area contributed by atoms with Gasteiger partial charge in [0.1, 0.15) is 0 Å². The van der Waals surface area contributed by atoms with Crippen LogP contribution in [0, 0.1) is 0 Å². The Morgan fingerprint density at radius 2 is 2.00 bits per heavy atom. The number of hydrogen-bond acceptors (Lipinski definition) is 4. The van der Waals surface area contributed by atoms with Crippen molar-refractivity contribution in [3.8, 4) is 0 Å². The van der Waals surface area contributed by atoms with Crippen molar-refractivity contribution in [2.75, 3.05) is 30.5 Å². The summed E-state index contributed by atoms with van der Waals surface area (Å²) in [5, 5.41) is 10.2. The van der Waals surface area contributed by atoms with E-state index in [4.69, 9.17) is 9.47 Å². The van der Waals surface area contributed by atoms with E-state index >= 15 is 0 Å². The van der Waals surface area contributed by atoms with Gasteiger partial charge in [-0.05, 0) is 30.9 Å². The Balaban J connectivity index is 1.40. The Morgan fingerprint density at radius 1 is 1.12 bits per heavy atom. The Labute approximate surface area is 146 Å². The molecule has 2 aliphatic rings. The summed E-state index contributed by atoms with van der Waals surface area (Å²) in [5.41, 5.74) is 3.07. The second-order valence-electron chi connectivity index (χ2n) is 6.35. The number of fused-ring (bicyclic) bond motifs is 1. The van der Waals surface area contributed by atoms with Crippen LogP contribution >= 0.6 is 0 Å². The third-order valence-electron chi connectivity index (χ3n) is 4.70. The summed E-state index contributed by atoms with van der Waals surface area (Å²) in [6, 6.07) is 7.80. The molecular formula is C18H22N4O3. The molecule has 1 fully saturated rings. The lowest BCUT2D eigenvalue weighted by Gasteiger charge is -2.22. The van der Waals surface area contributed by atoms with Gasteiger partial charge >= 0.3 is 6.03 Å². The minimum atomic E-state index is -0.295. The zero-order valence-corrected chi connectivity index (χ0v) is 14.0. The maximum Gasteiger partial charge on any atom is 0.324 e. The van der Waals surface area contributed by atoms with Gasteiger partial charge in [0, 0.05) is 36.7 Å². The Bertz CT molecular complexity index is 753. The smallest absolute Gasteiger partial charge is 0.324 e. The Hall–Kier alpha value is -2.38. The van der Waals surface area contributed by atoms with E-state index in [1.54, 1.807) is 0 Å². The third-order valence-corrected chi connectivity index (χ3v) is 4.70. The maximum absolute atomic E-state index is 12.3. The minimum Gasteiger partial charge on any atom is -0.381 e. The van der Waals surface area contributed by atoms with Crippen molar-refractivity contribution in [3.63, 3.8) is 0 Å². The minimum absolute atomic E-state index is 0.295. The summed E-state index contributed by atoms with van der Waals surface area (Å²) in [6.07, 6.45) is 4.68. The molecular weight excluding hydrogens is 320 g/mol. The van der Waals surface area contributed by atoms with Crippen molar-refractivity contribution in [1.29, 1.82) is 0 Å². The number of carbonyl (C=O) groups excluding carboxylic acids is 1. The SMILES string of the molecule is O=C(Nc1ccn(C2CCOCC2)n1)Nc1cccc2c1COCC2. The summed E-state index contributed by atoms with van der Waals surface area (Å²) in [7, 11) is 0. The van der Waals surface area contributed by atoms with E-state index < -0.39 is 0 Å². The number of aromatic nitrogens is 2. The van der Waals surface area contributed by atoms with Gasteiger partial charge in [0.05, 0.1) is 19.3 Å². The molecule has 25 heavy (non-hydrogen) atoms. The number of anilines is 2. The molecule has 0 aliphatic carbocycles. The fourth-order valence-electron chi connectivity index (χ4n) is 3.34. The first kappa shape index (κ1) is 16.1. The lowest BCUT2D eigenvalue weighted by atomic mass is 10.0. The standard InChI is InChI=1S/C18H22N4O3/c23-18(19-16-3-1-2-13-5-9-25-12-15(13)16)20-17-4-8-22(21-17)14-6-10-24-11-7-14/h1-4,8,14H,5-7,9-12H2,(H2,19,20,21,23). The zero-order chi connectivity index (χ0) is 17.1. The van der Waals surface area contributed by atoms with Gasteiger partial charge in [-0.1, -0.05) is 12.1 Å². The zero-order valence-electron chi connectivity index (χ0n) is 14.0. The Morgan fingerprint density at radius 3 is 2.88 bits per heavy atom. The van der Waals surface area contributed by atoms with Crippen LogP contribution in [-0.2, 0) is 22.5 Å². The number of rotatable bonds is 3. The molecule has 2 amide bonds. The first-order valence-corrected chi connectivity index (χ1v) is 8.69.